The lowest BCUT2D eigenvalue weighted by molar-refractivity contribution is 0.627. The molecule has 0 atom stereocenters. The van der Waals surface area contributed by atoms with Crippen LogP contribution in [-0.2, 0) is 6.54 Å². The zero-order valence-electron chi connectivity index (χ0n) is 9.24. The lowest BCUT2D eigenvalue weighted by atomic mass is 10.2. The summed E-state index contributed by atoms with van der Waals surface area (Å²) in [5, 5.41) is 3.34. The van der Waals surface area contributed by atoms with Crippen LogP contribution in [0.3, 0.4) is 0 Å². The molecule has 0 aliphatic heterocycles. The molecule has 1 aromatic heterocycles. The normalized spacial score (nSPS) is 10.3. The Kier molecular flexibility index (Phi) is 3.54. The highest BCUT2D eigenvalue weighted by Gasteiger charge is 2.02. The number of nitrogens with one attached hydrogen (secondary N) is 1. The van der Waals surface area contributed by atoms with Crippen molar-refractivity contribution in [1.29, 1.82) is 0 Å². The Morgan fingerprint density at radius 2 is 2.00 bits per heavy atom. The van der Waals surface area contributed by atoms with Gasteiger partial charge in [-0.25, -0.2) is 14.4 Å². The molecule has 88 valence electrons. The summed E-state index contributed by atoms with van der Waals surface area (Å²) in [6.07, 6.45) is 1.66. The first kappa shape index (κ1) is 11.8. The Bertz CT molecular complexity index is 514. The number of nitrogens with zero attached hydrogens (tertiary/aromatic N) is 2. The highest BCUT2D eigenvalue weighted by molar-refractivity contribution is 6.28. The maximum atomic E-state index is 12.7. The van der Waals surface area contributed by atoms with Crippen molar-refractivity contribution >= 4 is 17.4 Å². The lowest BCUT2D eigenvalue weighted by Gasteiger charge is -2.08. The SMILES string of the molecule is Cc1cnc(Cl)nc1NCc1ccc(F)cc1. The largest absolute Gasteiger partial charge is 0.366 e. The zero-order chi connectivity index (χ0) is 12.3. The minimum atomic E-state index is -0.241. The monoisotopic (exact) mass is 251 g/mol. The molecular weight excluding hydrogens is 241 g/mol. The van der Waals surface area contributed by atoms with Gasteiger partial charge in [-0.2, -0.15) is 0 Å². The van der Waals surface area contributed by atoms with Gasteiger partial charge in [-0.1, -0.05) is 12.1 Å². The molecule has 0 saturated carbocycles. The third-order valence-corrected chi connectivity index (χ3v) is 2.50. The number of aromatic nitrogens is 2. The first-order valence-electron chi connectivity index (χ1n) is 5.12. The molecule has 1 aromatic carbocycles. The van der Waals surface area contributed by atoms with E-state index in [0.29, 0.717) is 12.4 Å². The lowest BCUT2D eigenvalue weighted by Crippen LogP contribution is -2.04. The highest BCUT2D eigenvalue weighted by Crippen LogP contribution is 2.14. The first-order valence-corrected chi connectivity index (χ1v) is 5.50. The van der Waals surface area contributed by atoms with Gasteiger partial charge in [0.1, 0.15) is 11.6 Å². The van der Waals surface area contributed by atoms with E-state index in [1.807, 2.05) is 6.92 Å². The molecule has 17 heavy (non-hydrogen) atoms. The Morgan fingerprint density at radius 3 is 2.71 bits per heavy atom. The van der Waals surface area contributed by atoms with Crippen molar-refractivity contribution < 1.29 is 4.39 Å². The molecule has 1 heterocycles. The van der Waals surface area contributed by atoms with Crippen LogP contribution in [0.25, 0.3) is 0 Å². The molecule has 0 amide bonds. The smallest absolute Gasteiger partial charge is 0.224 e. The molecular formula is C12H11ClFN3. The van der Waals surface area contributed by atoms with E-state index in [-0.39, 0.29) is 11.1 Å². The summed E-state index contributed by atoms with van der Waals surface area (Å²) >= 11 is 5.71. The van der Waals surface area contributed by atoms with Crippen LogP contribution < -0.4 is 5.32 Å². The van der Waals surface area contributed by atoms with E-state index < -0.39 is 0 Å². The van der Waals surface area contributed by atoms with Gasteiger partial charge in [-0.3, -0.25) is 0 Å². The van der Waals surface area contributed by atoms with Crippen molar-refractivity contribution in [3.8, 4) is 0 Å². The number of rotatable bonds is 3. The van der Waals surface area contributed by atoms with E-state index in [1.54, 1.807) is 18.3 Å². The second-order valence-electron chi connectivity index (χ2n) is 3.65. The van der Waals surface area contributed by atoms with Crippen LogP contribution in [-0.4, -0.2) is 9.97 Å². The summed E-state index contributed by atoms with van der Waals surface area (Å²) in [5.74, 6) is 0.448. The highest BCUT2D eigenvalue weighted by atomic mass is 35.5. The molecule has 0 aliphatic rings. The minimum absolute atomic E-state index is 0.206. The van der Waals surface area contributed by atoms with Gasteiger partial charge in [0.2, 0.25) is 5.28 Å². The second kappa shape index (κ2) is 5.10. The van der Waals surface area contributed by atoms with Crippen molar-refractivity contribution in [3.05, 3.63) is 52.7 Å². The average Bonchev–Trinajstić information content (AvgIpc) is 2.32. The number of benzene rings is 1. The Labute approximate surface area is 104 Å². The maximum Gasteiger partial charge on any atom is 0.224 e. The summed E-state index contributed by atoms with van der Waals surface area (Å²) in [7, 11) is 0. The van der Waals surface area contributed by atoms with Crippen molar-refractivity contribution in [2.24, 2.45) is 0 Å². The number of aryl methyl sites for hydroxylation is 1. The van der Waals surface area contributed by atoms with Crippen LogP contribution in [0, 0.1) is 12.7 Å². The molecule has 0 spiro atoms. The minimum Gasteiger partial charge on any atom is -0.366 e. The van der Waals surface area contributed by atoms with E-state index in [2.05, 4.69) is 15.3 Å². The summed E-state index contributed by atoms with van der Waals surface area (Å²) in [5.41, 5.74) is 1.89. The van der Waals surface area contributed by atoms with Crippen LogP contribution in [0.4, 0.5) is 10.2 Å². The van der Waals surface area contributed by atoms with E-state index in [4.69, 9.17) is 11.6 Å². The van der Waals surface area contributed by atoms with E-state index in [0.717, 1.165) is 11.1 Å². The third kappa shape index (κ3) is 3.14. The van der Waals surface area contributed by atoms with Crippen LogP contribution >= 0.6 is 11.6 Å². The van der Waals surface area contributed by atoms with Crippen molar-refractivity contribution in [2.75, 3.05) is 5.32 Å². The van der Waals surface area contributed by atoms with Crippen LogP contribution in [0.2, 0.25) is 5.28 Å². The summed E-state index contributed by atoms with van der Waals surface area (Å²) in [6.45, 7) is 2.46. The van der Waals surface area contributed by atoms with E-state index in [1.165, 1.54) is 12.1 Å². The van der Waals surface area contributed by atoms with Gasteiger partial charge in [0, 0.05) is 18.3 Å². The molecule has 3 nitrogen and oxygen atoms in total. The van der Waals surface area contributed by atoms with Crippen LogP contribution in [0.1, 0.15) is 11.1 Å². The van der Waals surface area contributed by atoms with E-state index >= 15 is 0 Å². The first-order chi connectivity index (χ1) is 8.15. The Morgan fingerprint density at radius 1 is 1.29 bits per heavy atom. The molecule has 5 heteroatoms. The second-order valence-corrected chi connectivity index (χ2v) is 3.99. The van der Waals surface area contributed by atoms with Crippen molar-refractivity contribution in [2.45, 2.75) is 13.5 Å². The standard InChI is InChI=1S/C12H11ClFN3/c1-8-6-16-12(13)17-11(8)15-7-9-2-4-10(14)5-3-9/h2-6H,7H2,1H3,(H,15,16,17). The fourth-order valence-electron chi connectivity index (χ4n) is 1.39. The number of hydrogen-bond donors (Lipinski definition) is 1. The molecule has 0 unspecified atom stereocenters. The van der Waals surface area contributed by atoms with Gasteiger partial charge in [0.15, 0.2) is 0 Å². The van der Waals surface area contributed by atoms with Gasteiger partial charge < -0.3 is 5.32 Å². The fourth-order valence-corrected chi connectivity index (χ4v) is 1.52. The van der Waals surface area contributed by atoms with Gasteiger partial charge in [-0.05, 0) is 36.2 Å². The zero-order valence-corrected chi connectivity index (χ0v) is 10.0. The van der Waals surface area contributed by atoms with Crippen LogP contribution in [0.15, 0.2) is 30.5 Å². The summed E-state index contributed by atoms with van der Waals surface area (Å²) in [6, 6.07) is 6.30. The van der Waals surface area contributed by atoms with Gasteiger partial charge in [-0.15, -0.1) is 0 Å². The van der Waals surface area contributed by atoms with Gasteiger partial charge in [0.25, 0.3) is 0 Å². The maximum absolute atomic E-state index is 12.7. The van der Waals surface area contributed by atoms with E-state index in [9.17, 15) is 4.39 Å². The Hall–Kier alpha value is -1.68. The molecule has 0 radical (unpaired) electrons. The van der Waals surface area contributed by atoms with Gasteiger partial charge in [0.05, 0.1) is 0 Å². The molecule has 0 aliphatic carbocycles. The van der Waals surface area contributed by atoms with Crippen molar-refractivity contribution in [3.63, 3.8) is 0 Å². The number of anilines is 1. The summed E-state index contributed by atoms with van der Waals surface area (Å²) < 4.78 is 12.7. The predicted molar refractivity (Wildman–Crippen MR) is 65.5 cm³/mol. The molecule has 1 N–H and O–H groups in total. The topological polar surface area (TPSA) is 37.8 Å². The molecule has 0 bridgehead atoms. The Balaban J connectivity index is 2.07. The van der Waals surface area contributed by atoms with Crippen LogP contribution in [0.5, 0.6) is 0 Å². The molecule has 0 fully saturated rings. The fraction of sp³-hybridized carbons (Fsp3) is 0.167. The third-order valence-electron chi connectivity index (χ3n) is 2.32. The van der Waals surface area contributed by atoms with Crippen molar-refractivity contribution in [1.82, 2.24) is 9.97 Å². The summed E-state index contributed by atoms with van der Waals surface area (Å²) in [4.78, 5) is 7.95. The molecule has 2 aromatic rings. The quantitative estimate of drug-likeness (QED) is 0.852. The number of halogens is 2. The molecule has 0 saturated heterocycles. The van der Waals surface area contributed by atoms with Gasteiger partial charge >= 0.3 is 0 Å². The predicted octanol–water partition coefficient (Wildman–Crippen LogP) is 3.19. The molecule has 2 rings (SSSR count). The average molecular weight is 252 g/mol. The number of hydrogen-bond acceptors (Lipinski definition) is 3.